The van der Waals surface area contributed by atoms with Crippen molar-refractivity contribution in [3.63, 3.8) is 0 Å². The van der Waals surface area contributed by atoms with Crippen molar-refractivity contribution in [3.05, 3.63) is 24.0 Å². The number of hydrogen-bond acceptors (Lipinski definition) is 5. The number of furan rings is 1. The first kappa shape index (κ1) is 11.3. The topological polar surface area (TPSA) is 57.9 Å². The second-order valence-electron chi connectivity index (χ2n) is 3.33. The highest BCUT2D eigenvalue weighted by Crippen LogP contribution is 2.34. The number of benzene rings is 1. The van der Waals surface area contributed by atoms with Crippen LogP contribution in [0.25, 0.3) is 10.8 Å². The predicted octanol–water partition coefficient (Wildman–Crippen LogP) is 2.24. The fourth-order valence-electron chi connectivity index (χ4n) is 1.61. The van der Waals surface area contributed by atoms with Gasteiger partial charge in [-0.1, -0.05) is 0 Å². The minimum Gasteiger partial charge on any atom is -0.497 e. The van der Waals surface area contributed by atoms with Crippen LogP contribution in [0.3, 0.4) is 0 Å². The van der Waals surface area contributed by atoms with Crippen LogP contribution in [0.2, 0.25) is 0 Å². The van der Waals surface area contributed by atoms with Gasteiger partial charge in [0.15, 0.2) is 0 Å². The first-order chi connectivity index (χ1) is 8.21. The van der Waals surface area contributed by atoms with Gasteiger partial charge in [0, 0.05) is 5.39 Å². The number of ether oxygens (including phenoxy) is 3. The molecule has 5 nitrogen and oxygen atoms in total. The summed E-state index contributed by atoms with van der Waals surface area (Å²) in [6.07, 6.45) is 0. The SMILES string of the molecule is COC(=O)c1oc(OC)c2ccc(OC)cc12. The Bertz CT molecular complexity index is 555. The number of methoxy groups -OCH3 is 3. The lowest BCUT2D eigenvalue weighted by Gasteiger charge is -1.99. The summed E-state index contributed by atoms with van der Waals surface area (Å²) in [5.74, 6) is 0.471. The van der Waals surface area contributed by atoms with Crippen LogP contribution < -0.4 is 9.47 Å². The minimum absolute atomic E-state index is 0.109. The molecule has 0 amide bonds. The molecule has 0 spiro atoms. The first-order valence-electron chi connectivity index (χ1n) is 4.94. The summed E-state index contributed by atoms with van der Waals surface area (Å²) in [6, 6.07) is 5.23. The molecule has 0 N–H and O–H groups in total. The third-order valence-corrected chi connectivity index (χ3v) is 2.44. The van der Waals surface area contributed by atoms with Gasteiger partial charge in [0.05, 0.1) is 26.7 Å². The van der Waals surface area contributed by atoms with Crippen molar-refractivity contribution in [2.45, 2.75) is 0 Å². The van der Waals surface area contributed by atoms with E-state index >= 15 is 0 Å². The van der Waals surface area contributed by atoms with Crippen molar-refractivity contribution in [1.82, 2.24) is 0 Å². The van der Waals surface area contributed by atoms with E-state index in [1.165, 1.54) is 14.2 Å². The molecule has 0 aliphatic heterocycles. The van der Waals surface area contributed by atoms with E-state index in [9.17, 15) is 4.79 Å². The standard InChI is InChI=1S/C12H12O5/c1-14-7-4-5-8-9(6-7)10(11(13)15-2)17-12(8)16-3/h4-6H,1-3H3. The molecule has 1 aromatic carbocycles. The van der Waals surface area contributed by atoms with Gasteiger partial charge in [-0.3, -0.25) is 0 Å². The molecule has 0 radical (unpaired) electrons. The lowest BCUT2D eigenvalue weighted by atomic mass is 10.1. The average molecular weight is 236 g/mol. The second-order valence-corrected chi connectivity index (χ2v) is 3.33. The van der Waals surface area contributed by atoms with Crippen molar-refractivity contribution < 1.29 is 23.4 Å². The summed E-state index contributed by atoms with van der Waals surface area (Å²) in [5.41, 5.74) is 0. The zero-order chi connectivity index (χ0) is 12.4. The number of hydrogen-bond donors (Lipinski definition) is 0. The molecule has 2 aromatic rings. The van der Waals surface area contributed by atoms with Gasteiger partial charge < -0.3 is 18.6 Å². The van der Waals surface area contributed by atoms with Gasteiger partial charge in [-0.2, -0.15) is 0 Å². The highest BCUT2D eigenvalue weighted by molar-refractivity contribution is 6.04. The van der Waals surface area contributed by atoms with E-state index < -0.39 is 5.97 Å². The number of esters is 1. The zero-order valence-electron chi connectivity index (χ0n) is 9.77. The summed E-state index contributed by atoms with van der Waals surface area (Å²) in [5, 5.41) is 1.31. The second kappa shape index (κ2) is 4.37. The van der Waals surface area contributed by atoms with Gasteiger partial charge >= 0.3 is 5.97 Å². The predicted molar refractivity (Wildman–Crippen MR) is 60.7 cm³/mol. The molecular weight excluding hydrogens is 224 g/mol. The Labute approximate surface area is 97.9 Å². The molecular formula is C12H12O5. The van der Waals surface area contributed by atoms with Crippen LogP contribution in [-0.2, 0) is 4.74 Å². The molecule has 1 aromatic heterocycles. The lowest BCUT2D eigenvalue weighted by molar-refractivity contribution is 0.0562. The Kier molecular flexibility index (Phi) is 2.91. The third-order valence-electron chi connectivity index (χ3n) is 2.44. The van der Waals surface area contributed by atoms with E-state index in [0.717, 1.165) is 0 Å². The van der Waals surface area contributed by atoms with Crippen LogP contribution in [0.5, 0.6) is 11.7 Å². The Hall–Kier alpha value is -2.17. The summed E-state index contributed by atoms with van der Waals surface area (Å²) < 4.78 is 20.1. The maximum absolute atomic E-state index is 11.5. The van der Waals surface area contributed by atoms with E-state index in [2.05, 4.69) is 4.74 Å². The maximum atomic E-state index is 11.5. The molecule has 0 unspecified atom stereocenters. The number of rotatable bonds is 3. The Morgan fingerprint density at radius 3 is 2.47 bits per heavy atom. The van der Waals surface area contributed by atoms with Crippen molar-refractivity contribution in [1.29, 1.82) is 0 Å². The third kappa shape index (κ3) is 1.80. The first-order valence-corrected chi connectivity index (χ1v) is 4.94. The van der Waals surface area contributed by atoms with Gasteiger partial charge in [0.2, 0.25) is 5.76 Å². The van der Waals surface area contributed by atoms with Crippen molar-refractivity contribution in [2.75, 3.05) is 21.3 Å². The minimum atomic E-state index is -0.549. The molecule has 0 aliphatic rings. The largest absolute Gasteiger partial charge is 0.497 e. The van der Waals surface area contributed by atoms with E-state index in [1.54, 1.807) is 25.3 Å². The van der Waals surface area contributed by atoms with Gasteiger partial charge in [-0.05, 0) is 18.2 Å². The Morgan fingerprint density at radius 2 is 1.88 bits per heavy atom. The van der Waals surface area contributed by atoms with Gasteiger partial charge in [-0.25, -0.2) is 4.79 Å². The van der Waals surface area contributed by atoms with E-state index in [4.69, 9.17) is 13.9 Å². The summed E-state index contributed by atoms with van der Waals surface area (Å²) in [7, 11) is 4.32. The molecule has 0 saturated carbocycles. The molecule has 0 bridgehead atoms. The Morgan fingerprint density at radius 1 is 1.12 bits per heavy atom. The van der Waals surface area contributed by atoms with Crippen LogP contribution in [0.4, 0.5) is 0 Å². The van der Waals surface area contributed by atoms with E-state index in [1.807, 2.05) is 0 Å². The van der Waals surface area contributed by atoms with Gasteiger partial charge in [-0.15, -0.1) is 0 Å². The van der Waals surface area contributed by atoms with E-state index in [-0.39, 0.29) is 11.7 Å². The van der Waals surface area contributed by atoms with E-state index in [0.29, 0.717) is 16.5 Å². The monoisotopic (exact) mass is 236 g/mol. The molecule has 5 heteroatoms. The summed E-state index contributed by atoms with van der Waals surface area (Å²) in [6.45, 7) is 0. The van der Waals surface area contributed by atoms with Crippen molar-refractivity contribution >= 4 is 16.7 Å². The molecule has 17 heavy (non-hydrogen) atoms. The molecule has 1 heterocycles. The lowest BCUT2D eigenvalue weighted by Crippen LogP contribution is -1.99. The maximum Gasteiger partial charge on any atom is 0.374 e. The summed E-state index contributed by atoms with van der Waals surface area (Å²) >= 11 is 0. The normalized spacial score (nSPS) is 10.3. The number of carbonyl (C=O) groups is 1. The van der Waals surface area contributed by atoms with Crippen LogP contribution in [0, 0.1) is 0 Å². The highest BCUT2D eigenvalue weighted by atomic mass is 16.6. The van der Waals surface area contributed by atoms with Gasteiger partial charge in [0.1, 0.15) is 5.75 Å². The fourth-order valence-corrected chi connectivity index (χ4v) is 1.61. The van der Waals surface area contributed by atoms with Crippen molar-refractivity contribution in [3.8, 4) is 11.7 Å². The molecule has 90 valence electrons. The average Bonchev–Trinajstić information content (AvgIpc) is 2.75. The molecule has 2 rings (SSSR count). The molecule has 0 aliphatic carbocycles. The molecule has 0 atom stereocenters. The summed E-state index contributed by atoms with van der Waals surface area (Å²) in [4.78, 5) is 11.5. The highest BCUT2D eigenvalue weighted by Gasteiger charge is 2.20. The van der Waals surface area contributed by atoms with Crippen LogP contribution >= 0.6 is 0 Å². The van der Waals surface area contributed by atoms with Crippen LogP contribution in [-0.4, -0.2) is 27.3 Å². The molecule has 0 saturated heterocycles. The number of carbonyl (C=O) groups excluding carboxylic acids is 1. The Balaban J connectivity index is 2.70. The quantitative estimate of drug-likeness (QED) is 0.765. The molecule has 0 fully saturated rings. The number of fused-ring (bicyclic) bond motifs is 1. The van der Waals surface area contributed by atoms with Crippen LogP contribution in [0.1, 0.15) is 10.6 Å². The van der Waals surface area contributed by atoms with Crippen molar-refractivity contribution in [2.24, 2.45) is 0 Å². The zero-order valence-corrected chi connectivity index (χ0v) is 9.77. The smallest absolute Gasteiger partial charge is 0.374 e. The fraction of sp³-hybridized carbons (Fsp3) is 0.250. The van der Waals surface area contributed by atoms with Gasteiger partial charge in [0.25, 0.3) is 5.95 Å². The van der Waals surface area contributed by atoms with Crippen LogP contribution in [0.15, 0.2) is 22.6 Å².